The predicted molar refractivity (Wildman–Crippen MR) is 83.9 cm³/mol. The maximum absolute atomic E-state index is 6.19. The number of hydrogen-bond acceptors (Lipinski definition) is 3. The van der Waals surface area contributed by atoms with E-state index in [0.717, 1.165) is 24.6 Å². The number of nitrogens with one attached hydrogen (secondary N) is 1. The average Bonchev–Trinajstić information content (AvgIpc) is 2.34. The van der Waals surface area contributed by atoms with Crippen molar-refractivity contribution in [3.8, 4) is 0 Å². The molecule has 0 saturated heterocycles. The van der Waals surface area contributed by atoms with Gasteiger partial charge >= 0.3 is 0 Å². The Labute approximate surface area is 121 Å². The van der Waals surface area contributed by atoms with E-state index in [-0.39, 0.29) is 5.54 Å². The first-order valence-electron chi connectivity index (χ1n) is 6.64. The largest absolute Gasteiger partial charge is 0.348 e. The third-order valence-electron chi connectivity index (χ3n) is 2.84. The van der Waals surface area contributed by atoms with Crippen LogP contribution in [0.25, 0.3) is 0 Å². The van der Waals surface area contributed by atoms with Crippen LogP contribution in [0.5, 0.6) is 0 Å². The lowest BCUT2D eigenvalue weighted by molar-refractivity contribution is 0.516. The molecule has 0 unspecified atom stereocenters. The second-order valence-electron chi connectivity index (χ2n) is 5.45. The van der Waals surface area contributed by atoms with Crippen LogP contribution >= 0.6 is 11.6 Å². The second-order valence-corrected chi connectivity index (χ2v) is 5.86. The third-order valence-corrected chi connectivity index (χ3v) is 3.19. The van der Waals surface area contributed by atoms with Crippen LogP contribution < -0.4 is 10.2 Å². The van der Waals surface area contributed by atoms with Gasteiger partial charge in [0, 0.05) is 18.6 Å². The van der Waals surface area contributed by atoms with Gasteiger partial charge < -0.3 is 10.2 Å². The summed E-state index contributed by atoms with van der Waals surface area (Å²) in [6, 6.07) is 3.88. The zero-order chi connectivity index (χ0) is 14.5. The lowest BCUT2D eigenvalue weighted by Crippen LogP contribution is -2.42. The van der Waals surface area contributed by atoms with E-state index in [4.69, 9.17) is 11.6 Å². The molecule has 0 amide bonds. The van der Waals surface area contributed by atoms with Gasteiger partial charge in [0.05, 0.1) is 10.7 Å². The van der Waals surface area contributed by atoms with Gasteiger partial charge in [-0.05, 0) is 39.4 Å². The van der Waals surface area contributed by atoms with Gasteiger partial charge in [-0.3, -0.25) is 0 Å². The van der Waals surface area contributed by atoms with Crippen LogP contribution in [-0.4, -0.2) is 23.6 Å². The topological polar surface area (TPSA) is 28.2 Å². The Hall–Kier alpha value is -1.06. The Balaban J connectivity index is 3.07. The molecule has 0 aliphatic heterocycles. The first-order valence-corrected chi connectivity index (χ1v) is 7.02. The molecule has 106 valence electrons. The summed E-state index contributed by atoms with van der Waals surface area (Å²) in [6.45, 7) is 14.7. The number of pyridine rings is 1. The number of anilines is 1. The zero-order valence-corrected chi connectivity index (χ0v) is 13.1. The average molecular weight is 282 g/mol. The Morgan fingerprint density at radius 1 is 1.42 bits per heavy atom. The lowest BCUT2D eigenvalue weighted by atomic mass is 10.1. The van der Waals surface area contributed by atoms with Gasteiger partial charge in [0.2, 0.25) is 0 Å². The van der Waals surface area contributed by atoms with Gasteiger partial charge in [-0.15, -0.1) is 6.58 Å². The van der Waals surface area contributed by atoms with Gasteiger partial charge in [-0.2, -0.15) is 0 Å². The molecule has 0 atom stereocenters. The molecule has 0 aliphatic carbocycles. The maximum atomic E-state index is 6.19. The van der Waals surface area contributed by atoms with Crippen LogP contribution in [0.2, 0.25) is 5.02 Å². The molecular formula is C15H24ClN3. The minimum Gasteiger partial charge on any atom is -0.348 e. The van der Waals surface area contributed by atoms with Crippen LogP contribution in [0.1, 0.15) is 33.4 Å². The smallest absolute Gasteiger partial charge is 0.129 e. The molecule has 0 saturated carbocycles. The summed E-state index contributed by atoms with van der Waals surface area (Å²) in [5, 5.41) is 3.96. The Morgan fingerprint density at radius 3 is 2.63 bits per heavy atom. The highest BCUT2D eigenvalue weighted by Gasteiger charge is 2.22. The standard InChI is InChI=1S/C15H24ClN3/c1-6-10-19(15(3,4)5)14-9-8-12(16)13(18-14)11-17-7-2/h6,8-9,17H,1,7,10-11H2,2-5H3. The van der Waals surface area contributed by atoms with E-state index >= 15 is 0 Å². The van der Waals surface area contributed by atoms with Gasteiger partial charge in [-0.25, -0.2) is 4.98 Å². The summed E-state index contributed by atoms with van der Waals surface area (Å²) in [4.78, 5) is 6.89. The van der Waals surface area contributed by atoms with Crippen molar-refractivity contribution in [2.45, 2.75) is 39.8 Å². The molecule has 0 bridgehead atoms. The highest BCUT2D eigenvalue weighted by atomic mass is 35.5. The van der Waals surface area contributed by atoms with E-state index in [2.05, 4.69) is 49.5 Å². The maximum Gasteiger partial charge on any atom is 0.129 e. The highest BCUT2D eigenvalue weighted by Crippen LogP contribution is 2.25. The molecule has 19 heavy (non-hydrogen) atoms. The Morgan fingerprint density at radius 2 is 2.11 bits per heavy atom. The molecule has 0 aliphatic rings. The van der Waals surface area contributed by atoms with E-state index in [0.29, 0.717) is 11.6 Å². The van der Waals surface area contributed by atoms with Crippen LogP contribution in [0.15, 0.2) is 24.8 Å². The Bertz CT molecular complexity index is 424. The molecule has 0 fully saturated rings. The van der Waals surface area contributed by atoms with Crippen molar-refractivity contribution in [3.63, 3.8) is 0 Å². The summed E-state index contributed by atoms with van der Waals surface area (Å²) in [5.74, 6) is 0.935. The van der Waals surface area contributed by atoms with E-state index < -0.39 is 0 Å². The summed E-state index contributed by atoms with van der Waals surface area (Å²) in [7, 11) is 0. The molecule has 0 radical (unpaired) electrons. The summed E-state index contributed by atoms with van der Waals surface area (Å²) in [6.07, 6.45) is 1.89. The second kappa shape index (κ2) is 6.92. The predicted octanol–water partition coefficient (Wildman–Crippen LogP) is 3.64. The quantitative estimate of drug-likeness (QED) is 0.807. The highest BCUT2D eigenvalue weighted by molar-refractivity contribution is 6.31. The molecule has 1 heterocycles. The number of hydrogen-bond donors (Lipinski definition) is 1. The van der Waals surface area contributed by atoms with Crippen molar-refractivity contribution < 1.29 is 0 Å². The van der Waals surface area contributed by atoms with Gasteiger partial charge in [0.25, 0.3) is 0 Å². The van der Waals surface area contributed by atoms with Crippen molar-refractivity contribution >= 4 is 17.4 Å². The van der Waals surface area contributed by atoms with E-state index in [1.54, 1.807) is 0 Å². The van der Waals surface area contributed by atoms with E-state index in [9.17, 15) is 0 Å². The van der Waals surface area contributed by atoms with Crippen molar-refractivity contribution in [2.24, 2.45) is 0 Å². The molecular weight excluding hydrogens is 258 g/mol. The van der Waals surface area contributed by atoms with Crippen LogP contribution in [0.3, 0.4) is 0 Å². The van der Waals surface area contributed by atoms with E-state index in [1.165, 1.54) is 0 Å². The minimum atomic E-state index is -0.00945. The summed E-state index contributed by atoms with van der Waals surface area (Å²) >= 11 is 6.19. The van der Waals surface area contributed by atoms with E-state index in [1.807, 2.05) is 18.2 Å². The fourth-order valence-corrected chi connectivity index (χ4v) is 2.00. The fraction of sp³-hybridized carbons (Fsp3) is 0.533. The molecule has 1 aromatic heterocycles. The molecule has 1 aromatic rings. The lowest BCUT2D eigenvalue weighted by Gasteiger charge is -2.36. The van der Waals surface area contributed by atoms with Gasteiger partial charge in [0.1, 0.15) is 5.82 Å². The first-order chi connectivity index (χ1) is 8.90. The molecule has 0 aromatic carbocycles. The molecule has 4 heteroatoms. The van der Waals surface area contributed by atoms with Crippen LogP contribution in [0, 0.1) is 0 Å². The molecule has 3 nitrogen and oxygen atoms in total. The normalized spacial score (nSPS) is 11.4. The number of nitrogens with zero attached hydrogens (tertiary/aromatic N) is 2. The number of halogens is 1. The van der Waals surface area contributed by atoms with Crippen molar-refractivity contribution in [1.82, 2.24) is 10.3 Å². The minimum absolute atomic E-state index is 0.00945. The summed E-state index contributed by atoms with van der Waals surface area (Å²) < 4.78 is 0. The number of aromatic nitrogens is 1. The van der Waals surface area contributed by atoms with Crippen molar-refractivity contribution in [3.05, 3.63) is 35.5 Å². The van der Waals surface area contributed by atoms with Crippen LogP contribution in [0.4, 0.5) is 5.82 Å². The number of rotatable bonds is 6. The monoisotopic (exact) mass is 281 g/mol. The zero-order valence-electron chi connectivity index (χ0n) is 12.3. The first kappa shape index (κ1) is 16.0. The van der Waals surface area contributed by atoms with Crippen molar-refractivity contribution in [2.75, 3.05) is 18.0 Å². The summed E-state index contributed by atoms with van der Waals surface area (Å²) in [5.41, 5.74) is 0.879. The van der Waals surface area contributed by atoms with Crippen molar-refractivity contribution in [1.29, 1.82) is 0 Å². The Kier molecular flexibility index (Phi) is 5.83. The third kappa shape index (κ3) is 4.51. The molecule has 0 spiro atoms. The van der Waals surface area contributed by atoms with Crippen LogP contribution in [-0.2, 0) is 6.54 Å². The fourth-order valence-electron chi connectivity index (χ4n) is 1.83. The molecule has 1 rings (SSSR count). The molecule has 1 N–H and O–H groups in total. The van der Waals surface area contributed by atoms with Gasteiger partial charge in [-0.1, -0.05) is 24.6 Å². The SMILES string of the molecule is C=CCN(c1ccc(Cl)c(CNCC)n1)C(C)(C)C. The van der Waals surface area contributed by atoms with Gasteiger partial charge in [0.15, 0.2) is 0 Å².